The second kappa shape index (κ2) is 4.14. The van der Waals surface area contributed by atoms with Gasteiger partial charge in [-0.25, -0.2) is 0 Å². The summed E-state index contributed by atoms with van der Waals surface area (Å²) >= 11 is 3.50. The Kier molecular flexibility index (Phi) is 3.03. The van der Waals surface area contributed by atoms with E-state index in [0.29, 0.717) is 0 Å². The van der Waals surface area contributed by atoms with E-state index in [2.05, 4.69) is 46.4 Å². The van der Waals surface area contributed by atoms with Crippen LogP contribution < -0.4 is 5.32 Å². The summed E-state index contributed by atoms with van der Waals surface area (Å²) in [5.74, 6) is 0. The molecule has 1 heterocycles. The quantitative estimate of drug-likeness (QED) is 0.891. The average molecular weight is 270 g/mol. The van der Waals surface area contributed by atoms with E-state index < -0.39 is 0 Å². The summed E-state index contributed by atoms with van der Waals surface area (Å²) in [6.07, 6.45) is 2.24. The second-order valence-corrected chi connectivity index (χ2v) is 5.34. The molecule has 0 bridgehead atoms. The minimum atomic E-state index is 0.0720. The Morgan fingerprint density at radius 1 is 1.53 bits per heavy atom. The molecule has 0 radical (unpaired) electrons. The predicted octanol–water partition coefficient (Wildman–Crippen LogP) is 3.21. The molecular formula is C12H16BrNO. The van der Waals surface area contributed by atoms with Crippen LogP contribution in [0.5, 0.6) is 0 Å². The van der Waals surface area contributed by atoms with Gasteiger partial charge in [-0.2, -0.15) is 0 Å². The van der Waals surface area contributed by atoms with Gasteiger partial charge >= 0.3 is 0 Å². The van der Waals surface area contributed by atoms with Gasteiger partial charge in [-0.15, -0.1) is 0 Å². The van der Waals surface area contributed by atoms with Gasteiger partial charge in [-0.3, -0.25) is 0 Å². The summed E-state index contributed by atoms with van der Waals surface area (Å²) in [7, 11) is 1.75. The van der Waals surface area contributed by atoms with E-state index in [-0.39, 0.29) is 5.54 Å². The van der Waals surface area contributed by atoms with Gasteiger partial charge in [0.05, 0.1) is 12.1 Å². The molecular weight excluding hydrogens is 254 g/mol. The van der Waals surface area contributed by atoms with E-state index in [4.69, 9.17) is 4.74 Å². The molecule has 15 heavy (non-hydrogen) atoms. The van der Waals surface area contributed by atoms with Crippen molar-refractivity contribution in [1.82, 2.24) is 0 Å². The highest BCUT2D eigenvalue weighted by atomic mass is 79.9. The van der Waals surface area contributed by atoms with Gasteiger partial charge in [0, 0.05) is 17.3 Å². The molecule has 1 aromatic rings. The Labute approximate surface area is 99.1 Å². The molecule has 2 nitrogen and oxygen atoms in total. The molecule has 0 amide bonds. The molecule has 1 N–H and O–H groups in total. The summed E-state index contributed by atoms with van der Waals surface area (Å²) in [5, 5.41) is 3.56. The first-order valence-electron chi connectivity index (χ1n) is 5.18. The molecule has 0 spiro atoms. The maximum Gasteiger partial charge on any atom is 0.0690 e. The normalized spacial score (nSPS) is 24.5. The van der Waals surface area contributed by atoms with Crippen LogP contribution >= 0.6 is 15.9 Å². The molecule has 0 aliphatic carbocycles. The van der Waals surface area contributed by atoms with Crippen LogP contribution in [0.2, 0.25) is 0 Å². The molecule has 0 saturated carbocycles. The zero-order valence-electron chi connectivity index (χ0n) is 9.14. The van der Waals surface area contributed by atoms with E-state index in [0.717, 1.165) is 23.9 Å². The van der Waals surface area contributed by atoms with E-state index in [1.807, 2.05) is 0 Å². The minimum Gasteiger partial charge on any atom is -0.382 e. The van der Waals surface area contributed by atoms with Gasteiger partial charge in [0.15, 0.2) is 0 Å². The highest BCUT2D eigenvalue weighted by molar-refractivity contribution is 9.10. The van der Waals surface area contributed by atoms with E-state index in [1.54, 1.807) is 7.11 Å². The maximum atomic E-state index is 5.26. The summed E-state index contributed by atoms with van der Waals surface area (Å²) in [4.78, 5) is 0. The van der Waals surface area contributed by atoms with Crippen LogP contribution in [0.1, 0.15) is 18.9 Å². The average Bonchev–Trinajstić information content (AvgIpc) is 2.17. The van der Waals surface area contributed by atoms with Crippen LogP contribution in [0.3, 0.4) is 0 Å². The van der Waals surface area contributed by atoms with Crippen molar-refractivity contribution in [3.8, 4) is 0 Å². The van der Waals surface area contributed by atoms with Crippen molar-refractivity contribution in [3.63, 3.8) is 0 Å². The van der Waals surface area contributed by atoms with Crippen molar-refractivity contribution < 1.29 is 4.74 Å². The summed E-state index contributed by atoms with van der Waals surface area (Å²) in [6.45, 7) is 2.96. The van der Waals surface area contributed by atoms with Crippen molar-refractivity contribution in [2.45, 2.75) is 25.3 Å². The van der Waals surface area contributed by atoms with Crippen LogP contribution in [0.4, 0.5) is 5.69 Å². The maximum absolute atomic E-state index is 5.26. The van der Waals surface area contributed by atoms with Crippen molar-refractivity contribution in [1.29, 1.82) is 0 Å². The molecule has 0 fully saturated rings. The molecule has 3 heteroatoms. The first kappa shape index (κ1) is 11.0. The lowest BCUT2D eigenvalue weighted by atomic mass is 9.88. The lowest BCUT2D eigenvalue weighted by molar-refractivity contribution is 0.144. The van der Waals surface area contributed by atoms with Crippen LogP contribution in [0, 0.1) is 0 Å². The van der Waals surface area contributed by atoms with Crippen molar-refractivity contribution in [2.75, 3.05) is 19.0 Å². The minimum absolute atomic E-state index is 0.0720. The number of hydrogen-bond acceptors (Lipinski definition) is 2. The smallest absolute Gasteiger partial charge is 0.0690 e. The predicted molar refractivity (Wildman–Crippen MR) is 66.4 cm³/mol. The van der Waals surface area contributed by atoms with Gasteiger partial charge in [0.2, 0.25) is 0 Å². The highest BCUT2D eigenvalue weighted by Crippen LogP contribution is 2.32. The van der Waals surface area contributed by atoms with Crippen molar-refractivity contribution >= 4 is 21.6 Å². The second-order valence-electron chi connectivity index (χ2n) is 4.42. The summed E-state index contributed by atoms with van der Waals surface area (Å²) in [6, 6.07) is 6.42. The number of anilines is 1. The number of halogens is 1. The van der Waals surface area contributed by atoms with E-state index in [9.17, 15) is 0 Å². The van der Waals surface area contributed by atoms with Crippen LogP contribution in [-0.2, 0) is 11.2 Å². The topological polar surface area (TPSA) is 21.3 Å². The fraction of sp³-hybridized carbons (Fsp3) is 0.500. The summed E-state index contributed by atoms with van der Waals surface area (Å²) < 4.78 is 6.38. The number of nitrogens with one attached hydrogen (secondary N) is 1. The standard InChI is InChI=1S/C12H16BrNO/c1-12(8-15-2)6-5-9-3-4-10(13)7-11(9)14-12/h3-4,7,14H,5-6,8H2,1-2H3. The molecule has 1 aliphatic heterocycles. The lowest BCUT2D eigenvalue weighted by Gasteiger charge is -2.36. The highest BCUT2D eigenvalue weighted by Gasteiger charge is 2.28. The molecule has 0 aromatic heterocycles. The van der Waals surface area contributed by atoms with Gasteiger partial charge in [0.1, 0.15) is 0 Å². The molecule has 2 rings (SSSR count). The number of fused-ring (bicyclic) bond motifs is 1. The SMILES string of the molecule is COCC1(C)CCc2ccc(Br)cc2N1. The third-order valence-electron chi connectivity index (χ3n) is 2.92. The Hall–Kier alpha value is -0.540. The van der Waals surface area contributed by atoms with Crippen LogP contribution in [0.25, 0.3) is 0 Å². The van der Waals surface area contributed by atoms with Gasteiger partial charge in [0.25, 0.3) is 0 Å². The Balaban J connectivity index is 2.25. The molecule has 0 saturated heterocycles. The zero-order chi connectivity index (χ0) is 10.9. The molecule has 1 unspecified atom stereocenters. The Morgan fingerprint density at radius 2 is 2.33 bits per heavy atom. The third kappa shape index (κ3) is 2.34. The Bertz CT molecular complexity index is 367. The fourth-order valence-corrected chi connectivity index (χ4v) is 2.47. The summed E-state index contributed by atoms with van der Waals surface area (Å²) in [5.41, 5.74) is 2.70. The lowest BCUT2D eigenvalue weighted by Crippen LogP contribution is -2.42. The molecule has 1 aliphatic rings. The van der Waals surface area contributed by atoms with E-state index >= 15 is 0 Å². The van der Waals surface area contributed by atoms with E-state index in [1.165, 1.54) is 11.3 Å². The molecule has 1 aromatic carbocycles. The van der Waals surface area contributed by atoms with Gasteiger partial charge in [-0.1, -0.05) is 22.0 Å². The number of benzene rings is 1. The Morgan fingerprint density at radius 3 is 3.07 bits per heavy atom. The molecule has 1 atom stereocenters. The number of ether oxygens (including phenoxy) is 1. The number of rotatable bonds is 2. The zero-order valence-corrected chi connectivity index (χ0v) is 10.7. The largest absolute Gasteiger partial charge is 0.382 e. The van der Waals surface area contributed by atoms with Crippen molar-refractivity contribution in [2.24, 2.45) is 0 Å². The van der Waals surface area contributed by atoms with Crippen molar-refractivity contribution in [3.05, 3.63) is 28.2 Å². The van der Waals surface area contributed by atoms with Crippen LogP contribution in [-0.4, -0.2) is 19.3 Å². The monoisotopic (exact) mass is 269 g/mol. The number of methoxy groups -OCH3 is 1. The third-order valence-corrected chi connectivity index (χ3v) is 3.41. The first-order valence-corrected chi connectivity index (χ1v) is 5.98. The molecule has 82 valence electrons. The number of aryl methyl sites for hydroxylation is 1. The van der Waals surface area contributed by atoms with Gasteiger partial charge < -0.3 is 10.1 Å². The van der Waals surface area contributed by atoms with Gasteiger partial charge in [-0.05, 0) is 37.5 Å². The first-order chi connectivity index (χ1) is 7.13. The fourth-order valence-electron chi connectivity index (χ4n) is 2.11. The number of hydrogen-bond donors (Lipinski definition) is 1. The van der Waals surface area contributed by atoms with Crippen LogP contribution in [0.15, 0.2) is 22.7 Å².